The largest absolute Gasteiger partial charge is 0.300 e. The van der Waals surface area contributed by atoms with Gasteiger partial charge in [0.15, 0.2) is 0 Å². The van der Waals surface area contributed by atoms with Gasteiger partial charge in [0.1, 0.15) is 0 Å². The van der Waals surface area contributed by atoms with Gasteiger partial charge in [0, 0.05) is 12.6 Å². The highest BCUT2D eigenvalue weighted by Gasteiger charge is 2.20. The van der Waals surface area contributed by atoms with Crippen LogP contribution in [0.3, 0.4) is 0 Å². The fraction of sp³-hybridized carbons (Fsp3) is 1.00. The van der Waals surface area contributed by atoms with Crippen LogP contribution in [0.1, 0.15) is 20.8 Å². The average Bonchev–Trinajstić information content (AvgIpc) is 2.14. The first-order valence-corrected chi connectivity index (χ1v) is 3.69. The summed E-state index contributed by atoms with van der Waals surface area (Å²) in [5.74, 6) is 0.704. The van der Waals surface area contributed by atoms with E-state index in [1.165, 1.54) is 0 Å². The van der Waals surface area contributed by atoms with Crippen molar-refractivity contribution in [1.82, 2.24) is 10.6 Å². The Morgan fingerprint density at radius 2 is 1.82 bits per heavy atom. The zero-order valence-electron chi connectivity index (χ0n) is 7.26. The Morgan fingerprint density at radius 1 is 1.27 bits per heavy atom. The Hall–Kier alpha value is 0.500. The molecular weight excluding hydrogens is 183 g/mol. The molecule has 1 saturated heterocycles. The van der Waals surface area contributed by atoms with E-state index < -0.39 is 0 Å². The molecule has 2 unspecified atom stereocenters. The summed E-state index contributed by atoms with van der Waals surface area (Å²) in [5, 5.41) is 6.84. The summed E-state index contributed by atoms with van der Waals surface area (Å²) in [4.78, 5) is 0. The second-order valence-corrected chi connectivity index (χ2v) is 3.20. The molecule has 2 nitrogen and oxygen atoms in total. The molecule has 4 heteroatoms. The van der Waals surface area contributed by atoms with Crippen molar-refractivity contribution < 1.29 is 0 Å². The van der Waals surface area contributed by atoms with Gasteiger partial charge < -0.3 is 5.32 Å². The molecule has 70 valence electrons. The van der Waals surface area contributed by atoms with Gasteiger partial charge in [-0.15, -0.1) is 24.8 Å². The van der Waals surface area contributed by atoms with Crippen molar-refractivity contribution in [3.8, 4) is 0 Å². The number of nitrogens with one attached hydrogen (secondary N) is 2. The summed E-state index contributed by atoms with van der Waals surface area (Å²) in [7, 11) is 0. The van der Waals surface area contributed by atoms with Crippen molar-refractivity contribution in [2.24, 2.45) is 5.92 Å². The molecule has 0 spiro atoms. The second-order valence-electron chi connectivity index (χ2n) is 3.20. The first-order chi connectivity index (χ1) is 4.20. The quantitative estimate of drug-likeness (QED) is 0.670. The third-order valence-electron chi connectivity index (χ3n) is 1.77. The smallest absolute Gasteiger partial charge is 0.0598 e. The molecule has 0 aromatic rings. The number of hydrogen-bond acceptors (Lipinski definition) is 2. The van der Waals surface area contributed by atoms with E-state index in [2.05, 4.69) is 31.4 Å². The minimum absolute atomic E-state index is 0. The minimum atomic E-state index is 0. The monoisotopic (exact) mass is 200 g/mol. The molecule has 2 atom stereocenters. The first kappa shape index (κ1) is 14.0. The number of hydrogen-bond donors (Lipinski definition) is 2. The molecule has 1 heterocycles. The summed E-state index contributed by atoms with van der Waals surface area (Å²) in [6.45, 7) is 7.77. The van der Waals surface area contributed by atoms with Crippen LogP contribution in [-0.4, -0.2) is 18.8 Å². The molecule has 0 amide bonds. The normalized spacial score (nSPS) is 29.5. The molecule has 0 bridgehead atoms. The molecule has 0 radical (unpaired) electrons. The van der Waals surface area contributed by atoms with Crippen LogP contribution in [0.2, 0.25) is 0 Å². The summed E-state index contributed by atoms with van der Waals surface area (Å²) in [6.07, 6.45) is 0.542. The molecule has 0 aromatic heterocycles. The lowest BCUT2D eigenvalue weighted by atomic mass is 10.2. The van der Waals surface area contributed by atoms with Gasteiger partial charge in [-0.3, -0.25) is 5.32 Å². The van der Waals surface area contributed by atoms with Crippen LogP contribution in [0.25, 0.3) is 0 Å². The molecule has 0 aromatic carbocycles. The van der Waals surface area contributed by atoms with Crippen LogP contribution >= 0.6 is 24.8 Å². The molecule has 2 N–H and O–H groups in total. The Labute approximate surface area is 81.3 Å². The van der Waals surface area contributed by atoms with E-state index in [0.29, 0.717) is 18.1 Å². The molecule has 1 aliphatic rings. The summed E-state index contributed by atoms with van der Waals surface area (Å²) in [5.41, 5.74) is 0. The maximum absolute atomic E-state index is 3.44. The summed E-state index contributed by atoms with van der Waals surface area (Å²) >= 11 is 0. The maximum atomic E-state index is 3.44. The van der Waals surface area contributed by atoms with Gasteiger partial charge in [0.25, 0.3) is 0 Å². The molecule has 1 aliphatic heterocycles. The highest BCUT2D eigenvalue weighted by molar-refractivity contribution is 5.85. The van der Waals surface area contributed by atoms with Crippen LogP contribution in [0.5, 0.6) is 0 Å². The van der Waals surface area contributed by atoms with E-state index in [4.69, 9.17) is 0 Å². The topological polar surface area (TPSA) is 24.1 Å². The molecule has 1 rings (SSSR count). The SMILES string of the molecule is CC1CNC(C(C)C)N1.Cl.Cl. The van der Waals surface area contributed by atoms with E-state index >= 15 is 0 Å². The minimum Gasteiger partial charge on any atom is -0.300 e. The molecule has 0 aliphatic carbocycles. The van der Waals surface area contributed by atoms with Gasteiger partial charge in [-0.1, -0.05) is 13.8 Å². The van der Waals surface area contributed by atoms with Gasteiger partial charge in [-0.05, 0) is 12.8 Å². The van der Waals surface area contributed by atoms with Crippen molar-refractivity contribution in [1.29, 1.82) is 0 Å². The van der Waals surface area contributed by atoms with Crippen molar-refractivity contribution in [3.63, 3.8) is 0 Å². The maximum Gasteiger partial charge on any atom is 0.0598 e. The van der Waals surface area contributed by atoms with Gasteiger partial charge in [0.2, 0.25) is 0 Å². The van der Waals surface area contributed by atoms with Gasteiger partial charge in [-0.25, -0.2) is 0 Å². The van der Waals surface area contributed by atoms with Crippen molar-refractivity contribution in [2.75, 3.05) is 6.54 Å². The van der Waals surface area contributed by atoms with Gasteiger partial charge >= 0.3 is 0 Å². The third-order valence-corrected chi connectivity index (χ3v) is 1.77. The highest BCUT2D eigenvalue weighted by Crippen LogP contribution is 2.03. The average molecular weight is 201 g/mol. The summed E-state index contributed by atoms with van der Waals surface area (Å²) < 4.78 is 0. The lowest BCUT2D eigenvalue weighted by Gasteiger charge is -2.14. The second kappa shape index (κ2) is 6.06. The van der Waals surface area contributed by atoms with Crippen LogP contribution in [0.15, 0.2) is 0 Å². The molecule has 11 heavy (non-hydrogen) atoms. The van der Waals surface area contributed by atoms with Crippen LogP contribution in [-0.2, 0) is 0 Å². The van der Waals surface area contributed by atoms with E-state index in [-0.39, 0.29) is 24.8 Å². The Morgan fingerprint density at radius 3 is 2.00 bits per heavy atom. The molecular formula is C7H18Cl2N2. The number of halogens is 2. The molecule has 0 saturated carbocycles. The standard InChI is InChI=1S/C7H16N2.2ClH/c1-5(2)7-8-4-6(3)9-7;;/h5-9H,4H2,1-3H3;2*1H. The number of rotatable bonds is 1. The van der Waals surface area contributed by atoms with Crippen molar-refractivity contribution in [2.45, 2.75) is 33.0 Å². The fourth-order valence-corrected chi connectivity index (χ4v) is 1.16. The van der Waals surface area contributed by atoms with E-state index in [0.717, 1.165) is 6.54 Å². The van der Waals surface area contributed by atoms with Crippen LogP contribution in [0.4, 0.5) is 0 Å². The fourth-order valence-electron chi connectivity index (χ4n) is 1.16. The lowest BCUT2D eigenvalue weighted by molar-refractivity contribution is 0.406. The van der Waals surface area contributed by atoms with Crippen molar-refractivity contribution in [3.05, 3.63) is 0 Å². The van der Waals surface area contributed by atoms with E-state index in [1.54, 1.807) is 0 Å². The Bertz CT molecular complexity index is 98.4. The first-order valence-electron chi connectivity index (χ1n) is 3.69. The zero-order chi connectivity index (χ0) is 6.85. The Balaban J connectivity index is 0. The predicted molar refractivity (Wildman–Crippen MR) is 53.7 cm³/mol. The molecule has 1 fully saturated rings. The highest BCUT2D eigenvalue weighted by atomic mass is 35.5. The van der Waals surface area contributed by atoms with Gasteiger partial charge in [-0.2, -0.15) is 0 Å². The summed E-state index contributed by atoms with van der Waals surface area (Å²) in [6, 6.07) is 0.650. The van der Waals surface area contributed by atoms with Crippen LogP contribution < -0.4 is 10.6 Å². The van der Waals surface area contributed by atoms with Crippen molar-refractivity contribution >= 4 is 24.8 Å². The van der Waals surface area contributed by atoms with E-state index in [9.17, 15) is 0 Å². The Kier molecular flexibility index (Phi) is 7.75. The van der Waals surface area contributed by atoms with E-state index in [1.807, 2.05) is 0 Å². The zero-order valence-corrected chi connectivity index (χ0v) is 8.89. The van der Waals surface area contributed by atoms with Gasteiger partial charge in [0.05, 0.1) is 6.17 Å². The predicted octanol–water partition coefficient (Wildman–Crippen LogP) is 1.39. The lowest BCUT2D eigenvalue weighted by Crippen LogP contribution is -2.37. The van der Waals surface area contributed by atoms with Crippen LogP contribution in [0, 0.1) is 5.92 Å². The third kappa shape index (κ3) is 4.16.